The summed E-state index contributed by atoms with van der Waals surface area (Å²) in [5.41, 5.74) is 4.99. The first-order valence-corrected chi connectivity index (χ1v) is 14.2. The van der Waals surface area contributed by atoms with Crippen molar-refractivity contribution < 1.29 is 14.3 Å². The van der Waals surface area contributed by atoms with E-state index in [1.54, 1.807) is 20.8 Å². The number of anilines is 1. The fraction of sp³-hybridized carbons (Fsp3) is 0.250. The minimum absolute atomic E-state index is 0.187. The third-order valence-electron chi connectivity index (χ3n) is 5.88. The van der Waals surface area contributed by atoms with Gasteiger partial charge in [0.25, 0.3) is 0 Å². The maximum atomic E-state index is 12.3. The molecule has 3 aromatic carbocycles. The van der Waals surface area contributed by atoms with Crippen LogP contribution in [0, 0.1) is 0 Å². The van der Waals surface area contributed by atoms with Crippen LogP contribution in [0.2, 0.25) is 0 Å². The summed E-state index contributed by atoms with van der Waals surface area (Å²) in [5, 5.41) is 5.26. The van der Waals surface area contributed by atoms with Crippen LogP contribution in [0.15, 0.2) is 84.9 Å². The Labute approximate surface area is 244 Å². The van der Waals surface area contributed by atoms with Gasteiger partial charge in [-0.15, -0.1) is 0 Å². The van der Waals surface area contributed by atoms with Crippen LogP contribution in [0.3, 0.4) is 0 Å². The van der Waals surface area contributed by atoms with Gasteiger partial charge in [-0.05, 0) is 20.8 Å². The maximum absolute atomic E-state index is 12.3. The van der Waals surface area contributed by atoms with Gasteiger partial charge in [0.05, 0.1) is 0 Å². The zero-order valence-electron chi connectivity index (χ0n) is 23.0. The van der Waals surface area contributed by atoms with E-state index in [2.05, 4.69) is 57.8 Å². The molecule has 2 radical (unpaired) electrons. The van der Waals surface area contributed by atoms with Crippen LogP contribution < -0.4 is 15.0 Å². The van der Waals surface area contributed by atoms with Crippen LogP contribution in [0.4, 0.5) is 10.5 Å². The number of rotatable bonds is 9. The first kappa shape index (κ1) is 29.0. The molecule has 2 N–H and O–H groups in total. The third kappa shape index (κ3) is 9.06. The van der Waals surface area contributed by atoms with Crippen molar-refractivity contribution in [2.24, 2.45) is 0 Å². The number of ether oxygens (including phenoxy) is 1. The second-order valence-electron chi connectivity index (χ2n) is 10.4. The number of carbonyl (C=O) groups is 2. The summed E-state index contributed by atoms with van der Waals surface area (Å²) in [4.78, 5) is 33.9. The number of nitrogens with one attached hydrogen (secondary N) is 2. The standard InChI is InChI=1S/C32H33AsN4O3/c1-32(2,3)40-31(39)34-21-29(38)35-26-17-15-23(16-18-26)28-20-27(14-7-11-22-9-5-4-6-10-22)36-30(37-28)24-12-8-13-25(33)19-24/h4-6,8-10,12-13,15-20H,7,11,14,21H2,1-3H3,(H,34,39)(H,35,38). The van der Waals surface area contributed by atoms with Crippen LogP contribution in [0.25, 0.3) is 22.6 Å². The molecule has 40 heavy (non-hydrogen) atoms. The van der Waals surface area contributed by atoms with Crippen molar-refractivity contribution in [1.82, 2.24) is 15.3 Å². The molecule has 0 bridgehead atoms. The summed E-state index contributed by atoms with van der Waals surface area (Å²) in [5.74, 6) is 0.340. The number of hydrogen-bond donors (Lipinski definition) is 2. The summed E-state index contributed by atoms with van der Waals surface area (Å²) >= 11 is 2.56. The van der Waals surface area contributed by atoms with Crippen molar-refractivity contribution in [2.75, 3.05) is 11.9 Å². The normalized spacial score (nSPS) is 11.1. The molecule has 2 amide bonds. The molecule has 0 aliphatic heterocycles. The molecule has 0 fully saturated rings. The predicted molar refractivity (Wildman–Crippen MR) is 160 cm³/mol. The second-order valence-corrected chi connectivity index (χ2v) is 11.5. The minimum atomic E-state index is -0.635. The third-order valence-corrected chi connectivity index (χ3v) is 6.46. The van der Waals surface area contributed by atoms with Crippen molar-refractivity contribution in [3.05, 3.63) is 96.2 Å². The van der Waals surface area contributed by atoms with Crippen LogP contribution in [-0.4, -0.2) is 51.0 Å². The molecule has 0 aliphatic carbocycles. The fourth-order valence-electron chi connectivity index (χ4n) is 4.06. The van der Waals surface area contributed by atoms with Gasteiger partial charge < -0.3 is 10.1 Å². The average Bonchev–Trinajstić information content (AvgIpc) is 2.92. The molecule has 0 atom stereocenters. The number of aryl methyl sites for hydroxylation is 2. The summed E-state index contributed by atoms with van der Waals surface area (Å²) in [6, 6.07) is 28.1. The van der Waals surface area contributed by atoms with Gasteiger partial charge in [0.2, 0.25) is 0 Å². The topological polar surface area (TPSA) is 93.2 Å². The van der Waals surface area contributed by atoms with E-state index in [1.165, 1.54) is 5.56 Å². The summed E-state index contributed by atoms with van der Waals surface area (Å²) in [7, 11) is 0. The summed E-state index contributed by atoms with van der Waals surface area (Å²) in [6.07, 6.45) is 2.16. The van der Waals surface area contributed by atoms with Gasteiger partial charge in [0, 0.05) is 0 Å². The Bertz CT molecular complexity index is 1450. The Kier molecular flexibility index (Phi) is 9.73. The molecule has 0 saturated carbocycles. The molecule has 0 saturated heterocycles. The Balaban J connectivity index is 1.47. The van der Waals surface area contributed by atoms with Gasteiger partial charge in [-0.3, -0.25) is 4.79 Å². The van der Waals surface area contributed by atoms with E-state index in [0.717, 1.165) is 46.1 Å². The van der Waals surface area contributed by atoms with E-state index in [1.807, 2.05) is 54.6 Å². The Morgan fingerprint density at radius 2 is 1.60 bits per heavy atom. The molecule has 7 nitrogen and oxygen atoms in total. The molecule has 1 heterocycles. The van der Waals surface area contributed by atoms with Gasteiger partial charge in [-0.2, -0.15) is 0 Å². The second kappa shape index (κ2) is 13.4. The first-order valence-electron chi connectivity index (χ1n) is 13.2. The Morgan fingerprint density at radius 3 is 2.30 bits per heavy atom. The number of alkyl carbamates (subject to hydrolysis) is 1. The molecular formula is C32H33AsN4O3. The zero-order chi connectivity index (χ0) is 28.5. The molecule has 204 valence electrons. The number of amides is 2. The number of carbonyl (C=O) groups excluding carboxylic acids is 2. The average molecular weight is 597 g/mol. The van der Waals surface area contributed by atoms with Crippen LogP contribution >= 0.6 is 0 Å². The molecule has 4 rings (SSSR count). The van der Waals surface area contributed by atoms with Crippen LogP contribution in [0.1, 0.15) is 38.4 Å². The van der Waals surface area contributed by atoms with Gasteiger partial charge >= 0.3 is 186 Å². The fourth-order valence-corrected chi connectivity index (χ4v) is 4.53. The van der Waals surface area contributed by atoms with E-state index in [9.17, 15) is 9.59 Å². The predicted octanol–water partition coefficient (Wildman–Crippen LogP) is 5.24. The van der Waals surface area contributed by atoms with Crippen molar-refractivity contribution in [3.8, 4) is 22.6 Å². The van der Waals surface area contributed by atoms with E-state index >= 15 is 0 Å². The molecule has 0 aliphatic rings. The number of hydrogen-bond acceptors (Lipinski definition) is 5. The molecule has 0 spiro atoms. The Morgan fingerprint density at radius 1 is 0.850 bits per heavy atom. The van der Waals surface area contributed by atoms with Crippen molar-refractivity contribution in [3.63, 3.8) is 0 Å². The van der Waals surface area contributed by atoms with E-state index < -0.39 is 11.7 Å². The van der Waals surface area contributed by atoms with E-state index in [0.29, 0.717) is 11.5 Å². The zero-order valence-corrected chi connectivity index (χ0v) is 24.9. The number of benzene rings is 3. The number of aromatic nitrogens is 2. The van der Waals surface area contributed by atoms with Gasteiger partial charge in [0.1, 0.15) is 12.1 Å². The van der Waals surface area contributed by atoms with Gasteiger partial charge in [-0.25, -0.2) is 4.79 Å². The van der Waals surface area contributed by atoms with Gasteiger partial charge in [-0.1, -0.05) is 6.07 Å². The summed E-state index contributed by atoms with van der Waals surface area (Å²) < 4.78 is 6.25. The van der Waals surface area contributed by atoms with Crippen molar-refractivity contribution in [2.45, 2.75) is 45.6 Å². The molecule has 0 unspecified atom stereocenters. The quantitative estimate of drug-likeness (QED) is 0.258. The Hall–Kier alpha value is -3.96. The number of nitrogens with zero attached hydrogens (tertiary/aromatic N) is 2. The monoisotopic (exact) mass is 596 g/mol. The molecule has 8 heteroatoms. The van der Waals surface area contributed by atoms with Crippen molar-refractivity contribution >= 4 is 38.9 Å². The van der Waals surface area contributed by atoms with E-state index in [-0.39, 0.29) is 12.5 Å². The van der Waals surface area contributed by atoms with Gasteiger partial charge in [0.15, 0.2) is 0 Å². The van der Waals surface area contributed by atoms with Crippen LogP contribution in [0.5, 0.6) is 0 Å². The van der Waals surface area contributed by atoms with Crippen molar-refractivity contribution in [1.29, 1.82) is 0 Å². The molecule has 1 aromatic heterocycles. The molecule has 4 aromatic rings. The first-order chi connectivity index (χ1) is 19.1. The molecular weight excluding hydrogens is 563 g/mol. The SMILES string of the molecule is CC(C)(C)OC(=O)NCC(=O)Nc1ccc(-c2cc(CCCc3ccccc3)nc(-c3cccc([As])c3)n2)cc1. The summed E-state index contributed by atoms with van der Waals surface area (Å²) in [6.45, 7) is 5.11. The van der Waals surface area contributed by atoms with E-state index in [4.69, 9.17) is 14.7 Å². The van der Waals surface area contributed by atoms with Crippen LogP contribution in [-0.2, 0) is 22.4 Å².